The van der Waals surface area contributed by atoms with Gasteiger partial charge in [0.1, 0.15) is 11.1 Å². The standard InChI is InChI=1S/C25H38N2O6/c1-9-13-24(21(30)32-7,26-19(5)28)17-15-23(11-3,12-4)16-18-25(14-10-2,22(31)33-8)27-20(6)29/h9-12H,1-4,13-18H2,5-8H3,(H,26,28)(H,27,29)/t24-,25-/m1/s1. The molecule has 2 atom stereocenters. The summed E-state index contributed by atoms with van der Waals surface area (Å²) in [5.41, 5.74) is -3.34. The average molecular weight is 463 g/mol. The molecular weight excluding hydrogens is 424 g/mol. The molecule has 0 aliphatic carbocycles. The van der Waals surface area contributed by atoms with Crippen LogP contribution in [0.1, 0.15) is 52.4 Å². The number of esters is 2. The van der Waals surface area contributed by atoms with Crippen molar-refractivity contribution in [2.45, 2.75) is 63.5 Å². The predicted molar refractivity (Wildman–Crippen MR) is 128 cm³/mol. The summed E-state index contributed by atoms with van der Waals surface area (Å²) in [4.78, 5) is 49.0. The molecule has 0 rings (SSSR count). The van der Waals surface area contributed by atoms with E-state index < -0.39 is 28.4 Å². The van der Waals surface area contributed by atoms with E-state index in [1.807, 2.05) is 0 Å². The van der Waals surface area contributed by atoms with Gasteiger partial charge in [-0.1, -0.05) is 24.3 Å². The van der Waals surface area contributed by atoms with Crippen LogP contribution in [-0.4, -0.2) is 49.1 Å². The average Bonchev–Trinajstić information content (AvgIpc) is 2.77. The second kappa shape index (κ2) is 13.4. The molecule has 0 aromatic carbocycles. The maximum Gasteiger partial charge on any atom is 0.331 e. The van der Waals surface area contributed by atoms with Crippen molar-refractivity contribution in [1.29, 1.82) is 0 Å². The van der Waals surface area contributed by atoms with E-state index in [9.17, 15) is 19.2 Å². The van der Waals surface area contributed by atoms with Crippen LogP contribution in [0.4, 0.5) is 0 Å². The summed E-state index contributed by atoms with van der Waals surface area (Å²) in [6.07, 6.45) is 7.91. The summed E-state index contributed by atoms with van der Waals surface area (Å²) in [5, 5.41) is 5.43. The third-order valence-electron chi connectivity index (χ3n) is 5.82. The SMILES string of the molecule is C=CC[C@](CCC(C=C)(C=C)CC[C@@](CC=C)(NC(C)=O)C(=O)OC)(NC(C)=O)C(=O)OC. The van der Waals surface area contributed by atoms with Gasteiger partial charge in [0.05, 0.1) is 14.2 Å². The number of allylic oxidation sites excluding steroid dienone is 2. The van der Waals surface area contributed by atoms with Crippen molar-refractivity contribution in [2.75, 3.05) is 14.2 Å². The maximum absolute atomic E-state index is 12.6. The molecule has 0 aromatic rings. The third kappa shape index (κ3) is 8.04. The number of nitrogens with one attached hydrogen (secondary N) is 2. The summed E-state index contributed by atoms with van der Waals surface area (Å²) < 4.78 is 9.93. The molecule has 0 bridgehead atoms. The fourth-order valence-corrected chi connectivity index (χ4v) is 3.97. The van der Waals surface area contributed by atoms with Crippen molar-refractivity contribution in [3.8, 4) is 0 Å². The van der Waals surface area contributed by atoms with Gasteiger partial charge in [-0.2, -0.15) is 0 Å². The number of amides is 2. The van der Waals surface area contributed by atoms with E-state index in [2.05, 4.69) is 36.9 Å². The molecule has 0 aliphatic rings. The molecule has 8 heteroatoms. The van der Waals surface area contributed by atoms with E-state index in [-0.39, 0.29) is 37.5 Å². The van der Waals surface area contributed by atoms with Crippen LogP contribution in [0.3, 0.4) is 0 Å². The second-order valence-electron chi connectivity index (χ2n) is 8.14. The van der Waals surface area contributed by atoms with Crippen LogP contribution in [0.2, 0.25) is 0 Å². The molecule has 0 aliphatic heterocycles. The molecular formula is C25H38N2O6. The molecule has 0 saturated heterocycles. The highest BCUT2D eigenvalue weighted by Crippen LogP contribution is 2.38. The van der Waals surface area contributed by atoms with E-state index in [0.717, 1.165) is 0 Å². The largest absolute Gasteiger partial charge is 0.467 e. The number of carbonyl (C=O) groups excluding carboxylic acids is 4. The van der Waals surface area contributed by atoms with Gasteiger partial charge in [-0.3, -0.25) is 9.59 Å². The highest BCUT2D eigenvalue weighted by molar-refractivity contribution is 5.88. The van der Waals surface area contributed by atoms with Gasteiger partial charge < -0.3 is 20.1 Å². The van der Waals surface area contributed by atoms with Crippen LogP contribution in [0.15, 0.2) is 50.6 Å². The molecule has 0 radical (unpaired) electrons. The minimum Gasteiger partial charge on any atom is -0.467 e. The summed E-state index contributed by atoms with van der Waals surface area (Å²) in [6.45, 7) is 17.9. The first-order valence-corrected chi connectivity index (χ1v) is 10.7. The zero-order valence-corrected chi connectivity index (χ0v) is 20.3. The lowest BCUT2D eigenvalue weighted by molar-refractivity contribution is -0.151. The molecule has 2 amide bonds. The summed E-state index contributed by atoms with van der Waals surface area (Å²) in [5.74, 6) is -1.94. The quantitative estimate of drug-likeness (QED) is 0.269. The monoisotopic (exact) mass is 462 g/mol. The first kappa shape index (κ1) is 29.8. The third-order valence-corrected chi connectivity index (χ3v) is 5.82. The zero-order chi connectivity index (χ0) is 25.7. The van der Waals surface area contributed by atoms with Crippen LogP contribution >= 0.6 is 0 Å². The van der Waals surface area contributed by atoms with Gasteiger partial charge in [0.25, 0.3) is 0 Å². The smallest absolute Gasteiger partial charge is 0.331 e. The van der Waals surface area contributed by atoms with Crippen molar-refractivity contribution < 1.29 is 28.7 Å². The van der Waals surface area contributed by atoms with Gasteiger partial charge in [0.2, 0.25) is 11.8 Å². The van der Waals surface area contributed by atoms with E-state index in [1.165, 1.54) is 28.1 Å². The fraction of sp³-hybridized carbons (Fsp3) is 0.520. The van der Waals surface area contributed by atoms with Crippen molar-refractivity contribution in [3.63, 3.8) is 0 Å². The normalized spacial score (nSPS) is 14.4. The Labute approximate surface area is 197 Å². The van der Waals surface area contributed by atoms with E-state index >= 15 is 0 Å². The maximum atomic E-state index is 12.6. The second-order valence-corrected chi connectivity index (χ2v) is 8.14. The summed E-state index contributed by atoms with van der Waals surface area (Å²) in [6, 6.07) is 0. The first-order chi connectivity index (χ1) is 15.5. The number of rotatable bonds is 16. The molecule has 0 heterocycles. The van der Waals surface area contributed by atoms with E-state index in [0.29, 0.717) is 12.8 Å². The van der Waals surface area contributed by atoms with Gasteiger partial charge in [0.15, 0.2) is 0 Å². The van der Waals surface area contributed by atoms with Crippen molar-refractivity contribution in [1.82, 2.24) is 10.6 Å². The molecule has 0 aromatic heterocycles. The number of hydrogen-bond donors (Lipinski definition) is 2. The molecule has 0 saturated carbocycles. The molecule has 33 heavy (non-hydrogen) atoms. The lowest BCUT2D eigenvalue weighted by Gasteiger charge is -2.38. The molecule has 0 unspecified atom stereocenters. The Kier molecular flexibility index (Phi) is 12.1. The lowest BCUT2D eigenvalue weighted by atomic mass is 9.72. The highest BCUT2D eigenvalue weighted by Gasteiger charge is 2.44. The van der Waals surface area contributed by atoms with Gasteiger partial charge in [0, 0.05) is 19.3 Å². The molecule has 0 spiro atoms. The van der Waals surface area contributed by atoms with Gasteiger partial charge >= 0.3 is 11.9 Å². The molecule has 2 N–H and O–H groups in total. The number of ether oxygens (including phenoxy) is 2. The van der Waals surface area contributed by atoms with Crippen LogP contribution in [0, 0.1) is 5.41 Å². The van der Waals surface area contributed by atoms with Crippen LogP contribution in [0.5, 0.6) is 0 Å². The Hall–Kier alpha value is -3.16. The number of carbonyl (C=O) groups is 4. The topological polar surface area (TPSA) is 111 Å². The Morgan fingerprint density at radius 2 is 1.03 bits per heavy atom. The Bertz CT molecular complexity index is 711. The van der Waals surface area contributed by atoms with Gasteiger partial charge in [-0.05, 0) is 38.5 Å². The van der Waals surface area contributed by atoms with Crippen molar-refractivity contribution in [3.05, 3.63) is 50.6 Å². The summed E-state index contributed by atoms with van der Waals surface area (Å²) in [7, 11) is 2.51. The Morgan fingerprint density at radius 1 is 0.697 bits per heavy atom. The Balaban J connectivity index is 6.08. The van der Waals surface area contributed by atoms with E-state index in [4.69, 9.17) is 9.47 Å². The summed E-state index contributed by atoms with van der Waals surface area (Å²) >= 11 is 0. The number of methoxy groups -OCH3 is 2. The highest BCUT2D eigenvalue weighted by atomic mass is 16.5. The minimum absolute atomic E-state index is 0.165. The van der Waals surface area contributed by atoms with Crippen molar-refractivity contribution >= 4 is 23.8 Å². The molecule has 8 nitrogen and oxygen atoms in total. The van der Waals surface area contributed by atoms with Crippen LogP contribution in [0.25, 0.3) is 0 Å². The fourth-order valence-electron chi connectivity index (χ4n) is 3.97. The zero-order valence-electron chi connectivity index (χ0n) is 20.3. The van der Waals surface area contributed by atoms with Gasteiger partial charge in [-0.25, -0.2) is 9.59 Å². The molecule has 184 valence electrons. The van der Waals surface area contributed by atoms with Crippen LogP contribution < -0.4 is 10.6 Å². The van der Waals surface area contributed by atoms with Crippen molar-refractivity contribution in [2.24, 2.45) is 5.41 Å². The Morgan fingerprint density at radius 3 is 1.24 bits per heavy atom. The van der Waals surface area contributed by atoms with Crippen LogP contribution in [-0.2, 0) is 28.7 Å². The number of hydrogen-bond acceptors (Lipinski definition) is 6. The predicted octanol–water partition coefficient (Wildman–Crippen LogP) is 3.15. The van der Waals surface area contributed by atoms with E-state index in [1.54, 1.807) is 24.3 Å². The minimum atomic E-state index is -1.31. The molecule has 0 fully saturated rings. The first-order valence-electron chi connectivity index (χ1n) is 10.7. The van der Waals surface area contributed by atoms with Gasteiger partial charge in [-0.15, -0.1) is 26.3 Å². The lowest BCUT2D eigenvalue weighted by Crippen LogP contribution is -2.55.